The van der Waals surface area contributed by atoms with Crippen LogP contribution in [0, 0.1) is 6.92 Å². The van der Waals surface area contributed by atoms with Crippen molar-refractivity contribution in [2.75, 3.05) is 18.0 Å². The van der Waals surface area contributed by atoms with E-state index in [9.17, 15) is 5.11 Å². The second-order valence-corrected chi connectivity index (χ2v) is 6.75. The van der Waals surface area contributed by atoms with Gasteiger partial charge in [0.15, 0.2) is 5.13 Å². The lowest BCUT2D eigenvalue weighted by Gasteiger charge is -2.31. The normalized spacial score (nSPS) is 19.0. The average Bonchev–Trinajstić information content (AvgIpc) is 3.13. The van der Waals surface area contributed by atoms with Gasteiger partial charge >= 0.3 is 0 Å². The molecular formula is C16H18N4OS. The Morgan fingerprint density at radius 2 is 2.27 bits per heavy atom. The number of piperidine rings is 1. The van der Waals surface area contributed by atoms with E-state index in [1.807, 2.05) is 0 Å². The van der Waals surface area contributed by atoms with Gasteiger partial charge in [-0.25, -0.2) is 4.98 Å². The van der Waals surface area contributed by atoms with E-state index in [2.05, 4.69) is 40.0 Å². The number of anilines is 1. The lowest BCUT2D eigenvalue weighted by atomic mass is 9.98. The fourth-order valence-electron chi connectivity index (χ4n) is 3.11. The average molecular weight is 314 g/mol. The second kappa shape index (κ2) is 5.28. The number of aromatic nitrogens is 3. The van der Waals surface area contributed by atoms with Gasteiger partial charge in [-0.2, -0.15) is 4.98 Å². The first-order valence-electron chi connectivity index (χ1n) is 7.55. The molecule has 0 spiro atoms. The maximum absolute atomic E-state index is 9.44. The third-order valence-corrected chi connectivity index (χ3v) is 5.10. The number of imidazole rings is 1. The molecule has 1 atom stereocenters. The standard InChI is InChI=1S/C16H18N4OS/c1-10-4-5-12-13(7-10)18-15(17-12)11-3-2-6-20(8-11)16-19-14(21)9-22-16/h4-5,7,9,11,21H,2-3,6,8H2,1H3,(H,17,18). The zero-order chi connectivity index (χ0) is 15.1. The zero-order valence-corrected chi connectivity index (χ0v) is 13.2. The van der Waals surface area contributed by atoms with Crippen LogP contribution in [0.15, 0.2) is 23.6 Å². The number of aromatic hydroxyl groups is 1. The van der Waals surface area contributed by atoms with E-state index in [1.54, 1.807) is 5.38 Å². The number of nitrogens with zero attached hydrogens (tertiary/aromatic N) is 3. The maximum Gasteiger partial charge on any atom is 0.223 e. The first kappa shape index (κ1) is 13.6. The number of aryl methyl sites for hydroxylation is 1. The molecule has 1 saturated heterocycles. The number of fused-ring (bicyclic) bond motifs is 1. The van der Waals surface area contributed by atoms with Crippen molar-refractivity contribution in [1.29, 1.82) is 0 Å². The van der Waals surface area contributed by atoms with Crippen LogP contribution < -0.4 is 4.90 Å². The first-order chi connectivity index (χ1) is 10.7. The minimum absolute atomic E-state index is 0.112. The summed E-state index contributed by atoms with van der Waals surface area (Å²) in [5.74, 6) is 1.56. The highest BCUT2D eigenvalue weighted by Crippen LogP contribution is 2.32. The van der Waals surface area contributed by atoms with Gasteiger partial charge in [0.2, 0.25) is 5.88 Å². The number of H-pyrrole nitrogens is 1. The predicted octanol–water partition coefficient (Wildman–Crippen LogP) is 3.42. The lowest BCUT2D eigenvalue weighted by Crippen LogP contribution is -2.34. The Morgan fingerprint density at radius 1 is 1.36 bits per heavy atom. The molecule has 1 unspecified atom stereocenters. The number of rotatable bonds is 2. The summed E-state index contributed by atoms with van der Waals surface area (Å²) in [5.41, 5.74) is 3.38. The molecule has 0 amide bonds. The van der Waals surface area contributed by atoms with Crippen LogP contribution in [0.5, 0.6) is 5.88 Å². The molecule has 1 fully saturated rings. The van der Waals surface area contributed by atoms with Crippen LogP contribution in [0.2, 0.25) is 0 Å². The molecule has 114 valence electrons. The molecule has 0 bridgehead atoms. The van der Waals surface area contributed by atoms with Gasteiger partial charge in [-0.3, -0.25) is 0 Å². The van der Waals surface area contributed by atoms with Crippen LogP contribution in [-0.2, 0) is 0 Å². The Hall–Kier alpha value is -2.08. The van der Waals surface area contributed by atoms with E-state index in [0.29, 0.717) is 5.92 Å². The van der Waals surface area contributed by atoms with Gasteiger partial charge in [0.1, 0.15) is 5.82 Å². The number of hydrogen-bond acceptors (Lipinski definition) is 5. The molecule has 0 saturated carbocycles. The molecule has 6 heteroatoms. The third-order valence-electron chi connectivity index (χ3n) is 4.21. The molecule has 1 aromatic carbocycles. The Labute approximate surface area is 132 Å². The van der Waals surface area contributed by atoms with Gasteiger partial charge in [-0.15, -0.1) is 11.3 Å². The smallest absolute Gasteiger partial charge is 0.223 e. The third kappa shape index (κ3) is 2.43. The summed E-state index contributed by atoms with van der Waals surface area (Å²) in [7, 11) is 0. The lowest BCUT2D eigenvalue weighted by molar-refractivity contribution is 0.454. The highest BCUT2D eigenvalue weighted by molar-refractivity contribution is 7.13. The fourth-order valence-corrected chi connectivity index (χ4v) is 3.84. The molecule has 22 heavy (non-hydrogen) atoms. The SMILES string of the molecule is Cc1ccc2nc(C3CCCN(c4nc(O)cs4)C3)[nH]c2c1. The highest BCUT2D eigenvalue weighted by Gasteiger charge is 2.25. The Balaban J connectivity index is 1.60. The maximum atomic E-state index is 9.44. The topological polar surface area (TPSA) is 65.0 Å². The number of nitrogens with one attached hydrogen (secondary N) is 1. The van der Waals surface area contributed by atoms with E-state index in [-0.39, 0.29) is 5.88 Å². The van der Waals surface area contributed by atoms with Crippen molar-refractivity contribution in [3.05, 3.63) is 35.0 Å². The van der Waals surface area contributed by atoms with Gasteiger partial charge in [-0.1, -0.05) is 6.07 Å². The molecule has 1 aliphatic rings. The van der Waals surface area contributed by atoms with Gasteiger partial charge in [0.05, 0.1) is 16.4 Å². The van der Waals surface area contributed by atoms with E-state index in [0.717, 1.165) is 47.9 Å². The fraction of sp³-hybridized carbons (Fsp3) is 0.375. The minimum Gasteiger partial charge on any atom is -0.493 e. The zero-order valence-electron chi connectivity index (χ0n) is 12.4. The summed E-state index contributed by atoms with van der Waals surface area (Å²) in [6, 6.07) is 6.31. The summed E-state index contributed by atoms with van der Waals surface area (Å²) < 4.78 is 0. The van der Waals surface area contributed by atoms with Crippen LogP contribution in [0.1, 0.15) is 30.1 Å². The predicted molar refractivity (Wildman–Crippen MR) is 88.8 cm³/mol. The van der Waals surface area contributed by atoms with Crippen molar-refractivity contribution in [2.24, 2.45) is 0 Å². The van der Waals surface area contributed by atoms with Gasteiger partial charge < -0.3 is 15.0 Å². The summed E-state index contributed by atoms with van der Waals surface area (Å²) in [5, 5.41) is 12.0. The number of hydrogen-bond donors (Lipinski definition) is 2. The molecule has 5 nitrogen and oxygen atoms in total. The van der Waals surface area contributed by atoms with Gasteiger partial charge in [0.25, 0.3) is 0 Å². The quantitative estimate of drug-likeness (QED) is 0.761. The van der Waals surface area contributed by atoms with Crippen molar-refractivity contribution < 1.29 is 5.11 Å². The Bertz CT molecular complexity index is 809. The summed E-state index contributed by atoms with van der Waals surface area (Å²) >= 11 is 1.49. The molecule has 2 N–H and O–H groups in total. The molecule has 2 aromatic heterocycles. The Kier molecular flexibility index (Phi) is 3.26. The van der Waals surface area contributed by atoms with Crippen molar-refractivity contribution in [3.8, 4) is 5.88 Å². The molecule has 4 rings (SSSR count). The van der Waals surface area contributed by atoms with Crippen molar-refractivity contribution in [3.63, 3.8) is 0 Å². The first-order valence-corrected chi connectivity index (χ1v) is 8.43. The molecule has 3 aromatic rings. The number of thiazole rings is 1. The summed E-state index contributed by atoms with van der Waals surface area (Å²) in [4.78, 5) is 14.7. The van der Waals surface area contributed by atoms with Crippen molar-refractivity contribution in [1.82, 2.24) is 15.0 Å². The van der Waals surface area contributed by atoms with Crippen molar-refractivity contribution >= 4 is 27.5 Å². The second-order valence-electron chi connectivity index (χ2n) is 5.92. The number of benzene rings is 1. The van der Waals surface area contributed by atoms with E-state index >= 15 is 0 Å². The largest absolute Gasteiger partial charge is 0.493 e. The molecule has 1 aliphatic heterocycles. The molecule has 3 heterocycles. The van der Waals surface area contributed by atoms with Gasteiger partial charge in [0, 0.05) is 19.0 Å². The summed E-state index contributed by atoms with van der Waals surface area (Å²) in [6.07, 6.45) is 2.24. The van der Waals surface area contributed by atoms with Crippen LogP contribution in [0.4, 0.5) is 5.13 Å². The van der Waals surface area contributed by atoms with Crippen LogP contribution in [0.25, 0.3) is 11.0 Å². The van der Waals surface area contributed by atoms with Crippen molar-refractivity contribution in [2.45, 2.75) is 25.7 Å². The monoisotopic (exact) mass is 314 g/mol. The van der Waals surface area contributed by atoms with Crippen LogP contribution >= 0.6 is 11.3 Å². The minimum atomic E-state index is 0.112. The van der Waals surface area contributed by atoms with E-state index in [1.165, 1.54) is 16.9 Å². The van der Waals surface area contributed by atoms with Crippen LogP contribution in [-0.4, -0.2) is 33.1 Å². The molecule has 0 aliphatic carbocycles. The number of aromatic amines is 1. The summed E-state index contributed by atoms with van der Waals surface area (Å²) in [6.45, 7) is 3.98. The van der Waals surface area contributed by atoms with Crippen LogP contribution in [0.3, 0.4) is 0 Å². The van der Waals surface area contributed by atoms with Gasteiger partial charge in [-0.05, 0) is 37.5 Å². The Morgan fingerprint density at radius 3 is 3.09 bits per heavy atom. The van der Waals surface area contributed by atoms with E-state index in [4.69, 9.17) is 4.98 Å². The molecule has 0 radical (unpaired) electrons. The van der Waals surface area contributed by atoms with E-state index < -0.39 is 0 Å². The molecular weight excluding hydrogens is 296 g/mol. The highest BCUT2D eigenvalue weighted by atomic mass is 32.1.